The fourth-order valence-electron chi connectivity index (χ4n) is 2.38. The van der Waals surface area contributed by atoms with E-state index >= 15 is 0 Å². The highest BCUT2D eigenvalue weighted by Crippen LogP contribution is 2.23. The molecular formula is C18H32N2O5S2. The van der Waals surface area contributed by atoms with E-state index in [4.69, 9.17) is 10.4 Å². The molecule has 0 radical (unpaired) electrons. The smallest absolute Gasteiger partial charge is 0.309 e. The van der Waals surface area contributed by atoms with Gasteiger partial charge in [0.25, 0.3) is 0 Å². The van der Waals surface area contributed by atoms with Crippen molar-refractivity contribution in [2.75, 3.05) is 23.0 Å². The van der Waals surface area contributed by atoms with Crippen molar-refractivity contribution in [3.8, 4) is 6.19 Å². The van der Waals surface area contributed by atoms with Crippen LogP contribution in [0.25, 0.3) is 0 Å². The van der Waals surface area contributed by atoms with Gasteiger partial charge in [-0.15, -0.1) is 0 Å². The minimum Gasteiger partial charge on any atom is -0.481 e. The van der Waals surface area contributed by atoms with Gasteiger partial charge in [0, 0.05) is 50.0 Å². The van der Waals surface area contributed by atoms with Gasteiger partial charge in [0.2, 0.25) is 5.91 Å². The normalized spacial score (nSPS) is 14.2. The Labute approximate surface area is 167 Å². The van der Waals surface area contributed by atoms with Crippen LogP contribution in [0, 0.1) is 22.3 Å². The summed E-state index contributed by atoms with van der Waals surface area (Å²) in [7, 11) is -2.05. The van der Waals surface area contributed by atoms with Crippen molar-refractivity contribution in [1.82, 2.24) is 5.32 Å². The third-order valence-electron chi connectivity index (χ3n) is 4.45. The van der Waals surface area contributed by atoms with Crippen molar-refractivity contribution in [2.45, 2.75) is 59.8 Å². The lowest BCUT2D eigenvalue weighted by Crippen LogP contribution is -2.34. The Morgan fingerprint density at radius 1 is 0.889 bits per heavy atom. The van der Waals surface area contributed by atoms with Gasteiger partial charge < -0.3 is 5.11 Å². The van der Waals surface area contributed by atoms with Gasteiger partial charge in [0.1, 0.15) is 0 Å². The summed E-state index contributed by atoms with van der Waals surface area (Å²) >= 11 is 0. The van der Waals surface area contributed by atoms with Crippen molar-refractivity contribution in [2.24, 2.45) is 10.8 Å². The first-order valence-corrected chi connectivity index (χ1v) is 12.0. The standard InChI is InChI=1S/C18H32N2O5S2/c1-17(2,15(21)20-14-19)8-5-10-26(24)12-7-13-27(25)11-6-9-18(3,4)16(22)23/h5-13H2,1-4H3,(H,20,21)(H,22,23). The molecular weight excluding hydrogens is 388 g/mol. The zero-order chi connectivity index (χ0) is 21.1. The third-order valence-corrected chi connectivity index (χ3v) is 7.43. The highest BCUT2D eigenvalue weighted by molar-refractivity contribution is 7.85. The molecule has 7 nitrogen and oxygen atoms in total. The summed E-state index contributed by atoms with van der Waals surface area (Å²) in [4.78, 5) is 22.7. The molecule has 0 saturated heterocycles. The largest absolute Gasteiger partial charge is 0.481 e. The first-order chi connectivity index (χ1) is 12.4. The van der Waals surface area contributed by atoms with Gasteiger partial charge in [0.05, 0.1) is 5.41 Å². The molecule has 0 aliphatic carbocycles. The minimum atomic E-state index is -1.02. The second kappa shape index (κ2) is 12.2. The van der Waals surface area contributed by atoms with Gasteiger partial charge in [-0.2, -0.15) is 5.26 Å². The molecule has 2 atom stereocenters. The highest BCUT2D eigenvalue weighted by Gasteiger charge is 2.27. The fourth-order valence-corrected chi connectivity index (χ4v) is 4.83. The van der Waals surface area contributed by atoms with Crippen molar-refractivity contribution in [3.63, 3.8) is 0 Å². The molecule has 0 aromatic heterocycles. The summed E-state index contributed by atoms with van der Waals surface area (Å²) in [6, 6.07) is 0. The SMILES string of the molecule is CC(C)(CCCS(=O)CCCS(=O)CCCC(C)(C)C(=O)NC#N)C(=O)O. The van der Waals surface area contributed by atoms with Crippen LogP contribution >= 0.6 is 0 Å². The lowest BCUT2D eigenvalue weighted by Gasteiger charge is -2.21. The predicted octanol–water partition coefficient (Wildman–Crippen LogP) is 2.17. The van der Waals surface area contributed by atoms with E-state index in [1.54, 1.807) is 33.9 Å². The van der Waals surface area contributed by atoms with E-state index in [9.17, 15) is 18.0 Å². The summed E-state index contributed by atoms with van der Waals surface area (Å²) in [5, 5.41) is 19.7. The first-order valence-electron chi connectivity index (χ1n) is 9.05. The number of hydrogen-bond acceptors (Lipinski definition) is 5. The molecule has 27 heavy (non-hydrogen) atoms. The maximum atomic E-state index is 12.0. The van der Waals surface area contributed by atoms with E-state index in [0.29, 0.717) is 55.1 Å². The molecule has 156 valence electrons. The molecule has 0 heterocycles. The lowest BCUT2D eigenvalue weighted by atomic mass is 9.87. The number of aliphatic carboxylic acids is 1. The maximum absolute atomic E-state index is 12.0. The molecule has 0 aromatic rings. The van der Waals surface area contributed by atoms with Crippen molar-refractivity contribution in [1.29, 1.82) is 5.26 Å². The summed E-state index contributed by atoms with van der Waals surface area (Å²) in [5.41, 5.74) is -1.48. The average Bonchev–Trinajstić information content (AvgIpc) is 2.54. The van der Waals surface area contributed by atoms with Crippen LogP contribution in [0.2, 0.25) is 0 Å². The van der Waals surface area contributed by atoms with Crippen LogP contribution in [0.15, 0.2) is 0 Å². The molecule has 0 aliphatic rings. The molecule has 0 aromatic carbocycles. The number of nitrogens with zero attached hydrogens (tertiary/aromatic N) is 1. The Morgan fingerprint density at radius 3 is 1.70 bits per heavy atom. The Hall–Kier alpha value is -1.27. The third kappa shape index (κ3) is 11.2. The van der Waals surface area contributed by atoms with Gasteiger partial charge in [-0.3, -0.25) is 23.3 Å². The summed E-state index contributed by atoms with van der Waals surface area (Å²) in [6.45, 7) is 6.81. The van der Waals surface area contributed by atoms with Crippen LogP contribution in [-0.4, -0.2) is 48.4 Å². The second-order valence-corrected chi connectivity index (χ2v) is 11.3. The van der Waals surface area contributed by atoms with Crippen LogP contribution in [-0.2, 0) is 31.2 Å². The van der Waals surface area contributed by atoms with Crippen LogP contribution < -0.4 is 5.32 Å². The van der Waals surface area contributed by atoms with Crippen molar-refractivity contribution < 1.29 is 23.1 Å². The quantitative estimate of drug-likeness (QED) is 0.328. The van der Waals surface area contributed by atoms with E-state index in [1.807, 2.05) is 0 Å². The summed E-state index contributed by atoms with van der Waals surface area (Å²) in [5.74, 6) is 0.690. The van der Waals surface area contributed by atoms with E-state index in [0.717, 1.165) is 0 Å². The van der Waals surface area contributed by atoms with Gasteiger partial charge in [-0.05, 0) is 46.0 Å². The highest BCUT2D eigenvalue weighted by atomic mass is 32.2. The van der Waals surface area contributed by atoms with Crippen molar-refractivity contribution >= 4 is 33.5 Å². The molecule has 0 saturated carbocycles. The van der Waals surface area contributed by atoms with E-state index in [1.165, 1.54) is 0 Å². The molecule has 0 fully saturated rings. The Bertz CT molecular complexity index is 597. The minimum absolute atomic E-state index is 0.336. The van der Waals surface area contributed by atoms with Gasteiger partial charge in [-0.25, -0.2) is 0 Å². The topological polar surface area (TPSA) is 124 Å². The van der Waals surface area contributed by atoms with Gasteiger partial charge in [0.15, 0.2) is 6.19 Å². The summed E-state index contributed by atoms with van der Waals surface area (Å²) < 4.78 is 24.0. The zero-order valence-electron chi connectivity index (χ0n) is 16.7. The van der Waals surface area contributed by atoms with E-state index < -0.39 is 38.4 Å². The van der Waals surface area contributed by atoms with Crippen molar-refractivity contribution in [3.05, 3.63) is 0 Å². The van der Waals surface area contributed by atoms with Crippen LogP contribution in [0.5, 0.6) is 0 Å². The first kappa shape index (κ1) is 25.7. The fraction of sp³-hybridized carbons (Fsp3) is 0.833. The monoisotopic (exact) mass is 420 g/mol. The molecule has 0 spiro atoms. The molecule has 0 aliphatic heterocycles. The maximum Gasteiger partial charge on any atom is 0.309 e. The number of carboxylic acid groups (broad SMARTS) is 1. The van der Waals surface area contributed by atoms with E-state index in [2.05, 4.69) is 5.32 Å². The Kier molecular flexibility index (Phi) is 11.7. The van der Waals surface area contributed by atoms with Crippen LogP contribution in [0.3, 0.4) is 0 Å². The van der Waals surface area contributed by atoms with Gasteiger partial charge in [-0.1, -0.05) is 13.8 Å². The molecule has 2 unspecified atom stereocenters. The Balaban J connectivity index is 3.94. The number of amides is 1. The molecule has 2 N–H and O–H groups in total. The number of carboxylic acids is 1. The number of carbonyl (C=O) groups excluding carboxylic acids is 1. The molecule has 1 amide bonds. The number of rotatable bonds is 14. The predicted molar refractivity (Wildman–Crippen MR) is 108 cm³/mol. The summed E-state index contributed by atoms with van der Waals surface area (Å²) in [6.07, 6.45) is 4.45. The number of nitrogens with one attached hydrogen (secondary N) is 1. The number of nitriles is 1. The molecule has 0 bridgehead atoms. The molecule has 9 heteroatoms. The number of hydrogen-bond donors (Lipinski definition) is 2. The van der Waals surface area contributed by atoms with Crippen LogP contribution in [0.1, 0.15) is 59.8 Å². The Morgan fingerprint density at radius 2 is 1.30 bits per heavy atom. The molecule has 0 rings (SSSR count). The average molecular weight is 421 g/mol. The van der Waals surface area contributed by atoms with E-state index in [-0.39, 0.29) is 5.91 Å². The second-order valence-electron chi connectivity index (χ2n) is 7.90. The lowest BCUT2D eigenvalue weighted by molar-refractivity contribution is -0.147. The van der Waals surface area contributed by atoms with Crippen LogP contribution in [0.4, 0.5) is 0 Å². The number of carbonyl (C=O) groups is 2. The van der Waals surface area contributed by atoms with Gasteiger partial charge >= 0.3 is 5.97 Å². The zero-order valence-corrected chi connectivity index (χ0v) is 18.3.